The van der Waals surface area contributed by atoms with Gasteiger partial charge in [0.2, 0.25) is 0 Å². The number of anilines is 1. The lowest BCUT2D eigenvalue weighted by Gasteiger charge is -2.21. The molecule has 1 aromatic carbocycles. The largest absolute Gasteiger partial charge is 0.379 e. The highest BCUT2D eigenvalue weighted by atomic mass is 79.9. The van der Waals surface area contributed by atoms with E-state index in [1.165, 1.54) is 6.07 Å². The van der Waals surface area contributed by atoms with Gasteiger partial charge in [-0.2, -0.15) is 0 Å². The molecule has 2 nitrogen and oxygen atoms in total. The van der Waals surface area contributed by atoms with E-state index in [2.05, 4.69) is 40.0 Å². The molecule has 5 heteroatoms. The van der Waals surface area contributed by atoms with Gasteiger partial charge in [-0.05, 0) is 42.3 Å². The monoisotopic (exact) mass is 318 g/mol. The van der Waals surface area contributed by atoms with Gasteiger partial charge in [-0.15, -0.1) is 0 Å². The summed E-state index contributed by atoms with van der Waals surface area (Å²) >= 11 is 2.97. The number of nitrogens with zero attached hydrogens (tertiary/aromatic N) is 1. The van der Waals surface area contributed by atoms with E-state index in [1.54, 1.807) is 0 Å². The van der Waals surface area contributed by atoms with Crippen LogP contribution in [0.5, 0.6) is 0 Å². The first-order chi connectivity index (χ1) is 8.47. The molecule has 1 aliphatic rings. The third kappa shape index (κ3) is 3.01. The zero-order chi connectivity index (χ0) is 13.3. The molecular formula is C13H17BrF2N2. The molecule has 1 aromatic rings. The summed E-state index contributed by atoms with van der Waals surface area (Å²) in [5.74, 6) is -0.871. The zero-order valence-electron chi connectivity index (χ0n) is 10.5. The van der Waals surface area contributed by atoms with Crippen LogP contribution >= 0.6 is 15.9 Å². The molecule has 0 aliphatic carbocycles. The van der Waals surface area contributed by atoms with Gasteiger partial charge in [-0.25, -0.2) is 8.78 Å². The van der Waals surface area contributed by atoms with Gasteiger partial charge >= 0.3 is 0 Å². The molecule has 0 radical (unpaired) electrons. The first-order valence-electron chi connectivity index (χ1n) is 6.12. The molecule has 1 saturated heterocycles. The van der Waals surface area contributed by atoms with E-state index in [9.17, 15) is 8.78 Å². The smallest absolute Gasteiger partial charge is 0.147 e. The number of likely N-dealkylation sites (tertiary alicyclic amines) is 1. The van der Waals surface area contributed by atoms with Gasteiger partial charge in [-0.1, -0.05) is 0 Å². The topological polar surface area (TPSA) is 15.3 Å². The van der Waals surface area contributed by atoms with Crippen LogP contribution in [-0.4, -0.2) is 30.1 Å². The fourth-order valence-corrected chi connectivity index (χ4v) is 2.54. The second-order valence-corrected chi connectivity index (χ2v) is 5.82. The minimum atomic E-state index is -0.447. The Hall–Kier alpha value is -0.680. The van der Waals surface area contributed by atoms with Crippen LogP contribution in [0.25, 0.3) is 0 Å². The van der Waals surface area contributed by atoms with E-state index in [1.807, 2.05) is 0 Å². The molecule has 1 N–H and O–H groups in total. The molecular weight excluding hydrogens is 302 g/mol. The maximum absolute atomic E-state index is 13.7. The van der Waals surface area contributed by atoms with Crippen LogP contribution in [-0.2, 0) is 0 Å². The van der Waals surface area contributed by atoms with E-state index in [-0.39, 0.29) is 16.2 Å². The summed E-state index contributed by atoms with van der Waals surface area (Å²) in [4.78, 5) is 2.32. The van der Waals surface area contributed by atoms with E-state index in [0.717, 1.165) is 25.6 Å². The summed E-state index contributed by atoms with van der Waals surface area (Å²) in [5, 5.41) is 3.08. The van der Waals surface area contributed by atoms with Crippen molar-refractivity contribution in [2.45, 2.75) is 32.4 Å². The maximum atomic E-state index is 13.7. The summed E-state index contributed by atoms with van der Waals surface area (Å²) in [6.45, 7) is 6.15. The van der Waals surface area contributed by atoms with Crippen LogP contribution in [0.2, 0.25) is 0 Å². The van der Waals surface area contributed by atoms with Crippen LogP contribution in [0.4, 0.5) is 14.5 Å². The van der Waals surface area contributed by atoms with Gasteiger partial charge in [0.25, 0.3) is 0 Å². The average Bonchev–Trinajstić information content (AvgIpc) is 2.74. The molecule has 0 bridgehead atoms. The molecule has 1 aliphatic heterocycles. The first-order valence-corrected chi connectivity index (χ1v) is 6.92. The highest BCUT2D eigenvalue weighted by Crippen LogP contribution is 2.25. The van der Waals surface area contributed by atoms with Crippen molar-refractivity contribution in [3.8, 4) is 0 Å². The number of hydrogen-bond acceptors (Lipinski definition) is 2. The minimum Gasteiger partial charge on any atom is -0.379 e. The quantitative estimate of drug-likeness (QED) is 0.856. The molecule has 18 heavy (non-hydrogen) atoms. The molecule has 1 unspecified atom stereocenters. The Morgan fingerprint density at radius 3 is 2.67 bits per heavy atom. The third-order valence-electron chi connectivity index (χ3n) is 3.32. The fourth-order valence-electron chi connectivity index (χ4n) is 2.23. The molecule has 2 rings (SSSR count). The maximum Gasteiger partial charge on any atom is 0.147 e. The molecule has 0 aromatic heterocycles. The Bertz CT molecular complexity index is 437. The predicted molar refractivity (Wildman–Crippen MR) is 72.8 cm³/mol. The summed E-state index contributed by atoms with van der Waals surface area (Å²) in [7, 11) is 0. The lowest BCUT2D eigenvalue weighted by Crippen LogP contribution is -2.31. The van der Waals surface area contributed by atoms with Crippen molar-refractivity contribution in [1.29, 1.82) is 0 Å². The molecule has 1 atom stereocenters. The Kier molecular flexibility index (Phi) is 4.22. The summed E-state index contributed by atoms with van der Waals surface area (Å²) in [6, 6.07) is 3.04. The van der Waals surface area contributed by atoms with Crippen LogP contribution in [0.1, 0.15) is 20.3 Å². The first kappa shape index (κ1) is 13.7. The van der Waals surface area contributed by atoms with E-state index < -0.39 is 11.6 Å². The predicted octanol–water partition coefficient (Wildman–Crippen LogP) is 3.62. The molecule has 1 fully saturated rings. The Labute approximate surface area is 114 Å². The van der Waals surface area contributed by atoms with Gasteiger partial charge in [0.05, 0.1) is 10.2 Å². The van der Waals surface area contributed by atoms with Crippen molar-refractivity contribution in [3.63, 3.8) is 0 Å². The lowest BCUT2D eigenvalue weighted by atomic mass is 10.2. The highest BCUT2D eigenvalue weighted by Gasteiger charge is 2.24. The van der Waals surface area contributed by atoms with Gasteiger partial charge in [-0.3, -0.25) is 4.90 Å². The Morgan fingerprint density at radius 2 is 2.06 bits per heavy atom. The van der Waals surface area contributed by atoms with E-state index in [4.69, 9.17) is 0 Å². The molecule has 0 spiro atoms. The summed E-state index contributed by atoms with van der Waals surface area (Å²) in [5.41, 5.74) is 0.242. The standard InChI is InChI=1S/C13H17BrF2N2/c1-8(2)18-4-3-9(7-18)17-13-6-11(15)10(14)5-12(13)16/h5-6,8-9,17H,3-4,7H2,1-2H3. The van der Waals surface area contributed by atoms with Crippen LogP contribution in [0, 0.1) is 11.6 Å². The summed E-state index contributed by atoms with van der Waals surface area (Å²) < 4.78 is 27.2. The van der Waals surface area contributed by atoms with Gasteiger partial charge in [0, 0.05) is 31.2 Å². The van der Waals surface area contributed by atoms with Crippen molar-refractivity contribution in [2.24, 2.45) is 0 Å². The highest BCUT2D eigenvalue weighted by molar-refractivity contribution is 9.10. The van der Waals surface area contributed by atoms with Crippen LogP contribution in [0.15, 0.2) is 16.6 Å². The van der Waals surface area contributed by atoms with Gasteiger partial charge in [0.1, 0.15) is 11.6 Å². The normalized spacial score (nSPS) is 20.7. The third-order valence-corrected chi connectivity index (χ3v) is 3.93. The molecule has 1 heterocycles. The molecule has 0 amide bonds. The van der Waals surface area contributed by atoms with Gasteiger partial charge < -0.3 is 5.32 Å². The average molecular weight is 319 g/mol. The molecule has 0 saturated carbocycles. The second kappa shape index (κ2) is 5.53. The van der Waals surface area contributed by atoms with Crippen molar-refractivity contribution < 1.29 is 8.78 Å². The lowest BCUT2D eigenvalue weighted by molar-refractivity contribution is 0.274. The number of nitrogens with one attached hydrogen (secondary N) is 1. The van der Waals surface area contributed by atoms with Gasteiger partial charge in [0.15, 0.2) is 0 Å². The van der Waals surface area contributed by atoms with E-state index in [0.29, 0.717) is 6.04 Å². The fraction of sp³-hybridized carbons (Fsp3) is 0.538. The van der Waals surface area contributed by atoms with E-state index >= 15 is 0 Å². The van der Waals surface area contributed by atoms with Crippen molar-refractivity contribution >= 4 is 21.6 Å². The SMILES string of the molecule is CC(C)N1CCC(Nc2cc(F)c(Br)cc2F)C1. The molecule has 100 valence electrons. The zero-order valence-corrected chi connectivity index (χ0v) is 12.1. The number of hydrogen-bond donors (Lipinski definition) is 1. The van der Waals surface area contributed by atoms with Crippen LogP contribution < -0.4 is 5.32 Å². The second-order valence-electron chi connectivity index (χ2n) is 4.96. The van der Waals surface area contributed by atoms with Crippen molar-refractivity contribution in [3.05, 3.63) is 28.2 Å². The van der Waals surface area contributed by atoms with Crippen molar-refractivity contribution in [2.75, 3.05) is 18.4 Å². The summed E-state index contributed by atoms with van der Waals surface area (Å²) in [6.07, 6.45) is 0.954. The number of benzene rings is 1. The van der Waals surface area contributed by atoms with Crippen molar-refractivity contribution in [1.82, 2.24) is 4.90 Å². The Morgan fingerprint density at radius 1 is 1.33 bits per heavy atom. The number of rotatable bonds is 3. The number of halogens is 3. The van der Waals surface area contributed by atoms with Crippen LogP contribution in [0.3, 0.4) is 0 Å². The minimum absolute atomic E-state index is 0.153. The Balaban J connectivity index is 2.05.